The molecule has 0 fully saturated rings. The average molecular weight is 432 g/mol. The van der Waals surface area contributed by atoms with E-state index in [2.05, 4.69) is 10.0 Å². The minimum absolute atomic E-state index is 0.00538. The van der Waals surface area contributed by atoms with Crippen molar-refractivity contribution < 1.29 is 18.1 Å². The first-order valence-electron chi connectivity index (χ1n) is 8.19. The zero-order valence-corrected chi connectivity index (χ0v) is 16.3. The van der Waals surface area contributed by atoms with Crippen molar-refractivity contribution in [2.75, 3.05) is 10.0 Å². The Labute approximate surface area is 171 Å². The van der Waals surface area contributed by atoms with Crippen LogP contribution in [0.25, 0.3) is 0 Å². The van der Waals surface area contributed by atoms with Gasteiger partial charge in [-0.2, -0.15) is 0 Å². The van der Waals surface area contributed by atoms with Crippen LogP contribution in [0, 0.1) is 10.1 Å². The zero-order chi connectivity index (χ0) is 21.0. The standard InChI is InChI=1S/C19H14ClN3O5S/c20-14-2-1-3-16(12-14)22-29(27,28)18-10-6-15(7-11-18)21-19(24)13-4-8-17(9-5-13)23(25)26/h1-12,22H,(H,21,24). The number of nitro groups is 1. The monoisotopic (exact) mass is 431 g/mol. The highest BCUT2D eigenvalue weighted by Gasteiger charge is 2.15. The number of benzene rings is 3. The maximum atomic E-state index is 12.5. The average Bonchev–Trinajstić information content (AvgIpc) is 2.68. The van der Waals surface area contributed by atoms with Crippen molar-refractivity contribution in [3.63, 3.8) is 0 Å². The van der Waals surface area contributed by atoms with Gasteiger partial charge < -0.3 is 5.32 Å². The fourth-order valence-electron chi connectivity index (χ4n) is 2.42. The summed E-state index contributed by atoms with van der Waals surface area (Å²) in [6.07, 6.45) is 0. The lowest BCUT2D eigenvalue weighted by Gasteiger charge is -2.10. The molecular weight excluding hydrogens is 418 g/mol. The van der Waals surface area contributed by atoms with Gasteiger partial charge in [0.25, 0.3) is 21.6 Å². The normalized spacial score (nSPS) is 10.9. The summed E-state index contributed by atoms with van der Waals surface area (Å²) < 4.78 is 27.3. The van der Waals surface area contributed by atoms with Crippen molar-refractivity contribution in [3.8, 4) is 0 Å². The molecule has 0 aliphatic rings. The molecule has 0 aromatic heterocycles. The second-order valence-electron chi connectivity index (χ2n) is 5.90. The maximum Gasteiger partial charge on any atom is 0.269 e. The second kappa shape index (κ2) is 8.29. The highest BCUT2D eigenvalue weighted by Crippen LogP contribution is 2.21. The summed E-state index contributed by atoms with van der Waals surface area (Å²) in [5.41, 5.74) is 0.807. The first-order chi connectivity index (χ1) is 13.7. The molecule has 3 rings (SSSR count). The third-order valence-electron chi connectivity index (χ3n) is 3.84. The number of halogens is 1. The van der Waals surface area contributed by atoms with Gasteiger partial charge in [-0.25, -0.2) is 8.42 Å². The van der Waals surface area contributed by atoms with Crippen LogP contribution in [0.5, 0.6) is 0 Å². The first kappa shape index (κ1) is 20.3. The van der Waals surface area contributed by atoms with Crippen molar-refractivity contribution in [1.29, 1.82) is 0 Å². The number of nitro benzene ring substituents is 1. The van der Waals surface area contributed by atoms with Crippen LogP contribution in [0.15, 0.2) is 77.7 Å². The highest BCUT2D eigenvalue weighted by molar-refractivity contribution is 7.92. The van der Waals surface area contributed by atoms with Crippen LogP contribution in [-0.2, 0) is 10.0 Å². The van der Waals surface area contributed by atoms with E-state index in [1.165, 1.54) is 54.6 Å². The number of amides is 1. The van der Waals surface area contributed by atoms with Crippen LogP contribution in [0.1, 0.15) is 10.4 Å². The lowest BCUT2D eigenvalue weighted by atomic mass is 10.2. The third kappa shape index (κ3) is 5.09. The number of carbonyl (C=O) groups excluding carboxylic acids is 1. The van der Waals surface area contributed by atoms with Gasteiger partial charge in [0.05, 0.1) is 15.5 Å². The van der Waals surface area contributed by atoms with E-state index in [9.17, 15) is 23.3 Å². The Hall–Kier alpha value is -3.43. The van der Waals surface area contributed by atoms with Gasteiger partial charge in [-0.1, -0.05) is 17.7 Å². The van der Waals surface area contributed by atoms with E-state index in [0.29, 0.717) is 16.4 Å². The van der Waals surface area contributed by atoms with Gasteiger partial charge in [-0.3, -0.25) is 19.6 Å². The minimum Gasteiger partial charge on any atom is -0.322 e. The van der Waals surface area contributed by atoms with Crippen LogP contribution in [0.4, 0.5) is 17.1 Å². The molecule has 2 N–H and O–H groups in total. The molecule has 0 saturated carbocycles. The van der Waals surface area contributed by atoms with Gasteiger partial charge in [0.2, 0.25) is 0 Å². The molecule has 29 heavy (non-hydrogen) atoms. The van der Waals surface area contributed by atoms with E-state index in [-0.39, 0.29) is 16.1 Å². The lowest BCUT2D eigenvalue weighted by molar-refractivity contribution is -0.384. The number of nitrogens with one attached hydrogen (secondary N) is 2. The van der Waals surface area contributed by atoms with E-state index < -0.39 is 20.9 Å². The first-order valence-corrected chi connectivity index (χ1v) is 10.0. The molecule has 3 aromatic carbocycles. The van der Waals surface area contributed by atoms with E-state index in [4.69, 9.17) is 11.6 Å². The fourth-order valence-corrected chi connectivity index (χ4v) is 3.66. The summed E-state index contributed by atoms with van der Waals surface area (Å²) in [6.45, 7) is 0. The van der Waals surface area contributed by atoms with Gasteiger partial charge in [0.15, 0.2) is 0 Å². The number of nitrogens with zero attached hydrogens (tertiary/aromatic N) is 1. The summed E-state index contributed by atoms with van der Waals surface area (Å²) in [4.78, 5) is 22.3. The Kier molecular flexibility index (Phi) is 5.81. The van der Waals surface area contributed by atoms with Crippen LogP contribution in [0.2, 0.25) is 5.02 Å². The molecule has 148 valence electrons. The molecule has 1 amide bonds. The predicted molar refractivity (Wildman–Crippen MR) is 110 cm³/mol. The van der Waals surface area contributed by atoms with Crippen molar-refractivity contribution >= 4 is 44.6 Å². The second-order valence-corrected chi connectivity index (χ2v) is 8.02. The lowest BCUT2D eigenvalue weighted by Crippen LogP contribution is -2.14. The van der Waals surface area contributed by atoms with Gasteiger partial charge in [0.1, 0.15) is 0 Å². The zero-order valence-electron chi connectivity index (χ0n) is 14.7. The Balaban J connectivity index is 1.70. The van der Waals surface area contributed by atoms with Gasteiger partial charge in [0, 0.05) is 28.4 Å². The molecule has 3 aromatic rings. The minimum atomic E-state index is -3.83. The molecule has 0 aliphatic heterocycles. The van der Waals surface area contributed by atoms with Crippen molar-refractivity contribution in [3.05, 3.63) is 93.5 Å². The summed E-state index contributed by atoms with van der Waals surface area (Å²) in [7, 11) is -3.83. The van der Waals surface area contributed by atoms with Crippen molar-refractivity contribution in [2.24, 2.45) is 0 Å². The Morgan fingerprint density at radius 1 is 0.931 bits per heavy atom. The van der Waals surface area contributed by atoms with Crippen molar-refractivity contribution in [2.45, 2.75) is 4.90 Å². The summed E-state index contributed by atoms with van der Waals surface area (Å²) in [5, 5.41) is 13.7. The van der Waals surface area contributed by atoms with E-state index in [1.54, 1.807) is 18.2 Å². The number of carbonyl (C=O) groups is 1. The number of rotatable bonds is 6. The maximum absolute atomic E-state index is 12.5. The number of anilines is 2. The topological polar surface area (TPSA) is 118 Å². The SMILES string of the molecule is O=C(Nc1ccc(S(=O)(=O)Nc2cccc(Cl)c2)cc1)c1ccc([N+](=O)[O-])cc1. The number of non-ortho nitro benzene ring substituents is 1. The Morgan fingerprint density at radius 2 is 1.59 bits per heavy atom. The molecule has 0 saturated heterocycles. The molecule has 0 radical (unpaired) electrons. The largest absolute Gasteiger partial charge is 0.322 e. The fraction of sp³-hybridized carbons (Fsp3) is 0. The van der Waals surface area contributed by atoms with Gasteiger partial charge >= 0.3 is 0 Å². The summed E-state index contributed by atoms with van der Waals surface area (Å²) in [5.74, 6) is -0.479. The molecule has 0 atom stereocenters. The smallest absolute Gasteiger partial charge is 0.269 e. The summed E-state index contributed by atoms with van der Waals surface area (Å²) in [6, 6.07) is 17.0. The Bertz CT molecular complexity index is 1160. The summed E-state index contributed by atoms with van der Waals surface area (Å²) >= 11 is 5.86. The molecule has 0 heterocycles. The third-order valence-corrected chi connectivity index (χ3v) is 5.47. The van der Waals surface area contributed by atoms with Crippen LogP contribution >= 0.6 is 11.6 Å². The molecule has 0 bridgehead atoms. The molecule has 8 nitrogen and oxygen atoms in total. The van der Waals surface area contributed by atoms with E-state index >= 15 is 0 Å². The number of sulfonamides is 1. The Morgan fingerprint density at radius 3 is 2.17 bits per heavy atom. The number of hydrogen-bond donors (Lipinski definition) is 2. The van der Waals surface area contributed by atoms with Crippen LogP contribution in [0.3, 0.4) is 0 Å². The van der Waals surface area contributed by atoms with Crippen molar-refractivity contribution in [1.82, 2.24) is 0 Å². The molecule has 10 heteroatoms. The molecule has 0 spiro atoms. The molecular formula is C19H14ClN3O5S. The number of hydrogen-bond acceptors (Lipinski definition) is 5. The van der Waals surface area contributed by atoms with Gasteiger partial charge in [-0.05, 0) is 54.6 Å². The van der Waals surface area contributed by atoms with Gasteiger partial charge in [-0.15, -0.1) is 0 Å². The van der Waals surface area contributed by atoms with E-state index in [0.717, 1.165) is 0 Å². The molecule has 0 aliphatic carbocycles. The highest BCUT2D eigenvalue weighted by atomic mass is 35.5. The van der Waals surface area contributed by atoms with Crippen LogP contribution in [-0.4, -0.2) is 19.2 Å². The van der Waals surface area contributed by atoms with Crippen LogP contribution < -0.4 is 10.0 Å². The van der Waals surface area contributed by atoms with E-state index in [1.807, 2.05) is 0 Å². The molecule has 0 unspecified atom stereocenters. The quantitative estimate of drug-likeness (QED) is 0.445. The predicted octanol–water partition coefficient (Wildman–Crippen LogP) is 4.30.